The fraction of sp³-hybridized carbons (Fsp3) is 0.231. The molecule has 2 N–H and O–H groups in total. The molecule has 0 saturated heterocycles. The Kier molecular flexibility index (Phi) is 4.84. The molecule has 2 aromatic rings. The number of nitrogens with zero attached hydrogens (tertiary/aromatic N) is 1. The maximum Gasteiger partial charge on any atom is 0.0520 e. The first-order valence-electron chi connectivity index (χ1n) is 5.53. The molecule has 0 fully saturated rings. The second-order valence-electron chi connectivity index (χ2n) is 4.03. The minimum absolute atomic E-state index is 0.537. The number of anilines is 1. The standard InChI is InChI=1S/C13H14Br2N2S/c1-17(7-10-5-9(14)8-18-10)13-4-2-3-12(15)11(13)6-16/h2-5,8H,6-7,16H2,1H3. The molecule has 2 nitrogen and oxygen atoms in total. The van der Waals surface area contributed by atoms with Crippen LogP contribution in [-0.2, 0) is 13.1 Å². The molecular weight excluding hydrogens is 376 g/mol. The lowest BCUT2D eigenvalue weighted by molar-refractivity contribution is 0.915. The molecule has 5 heteroatoms. The molecule has 0 aliphatic rings. The van der Waals surface area contributed by atoms with Crippen molar-refractivity contribution in [1.29, 1.82) is 0 Å². The topological polar surface area (TPSA) is 29.3 Å². The molecule has 1 aromatic heterocycles. The van der Waals surface area contributed by atoms with Crippen LogP contribution in [0.1, 0.15) is 10.4 Å². The van der Waals surface area contributed by atoms with E-state index in [0.29, 0.717) is 6.54 Å². The Hall–Kier alpha value is -0.360. The van der Waals surface area contributed by atoms with Gasteiger partial charge in [0.25, 0.3) is 0 Å². The van der Waals surface area contributed by atoms with Gasteiger partial charge in [0.1, 0.15) is 0 Å². The summed E-state index contributed by atoms with van der Waals surface area (Å²) < 4.78 is 2.21. The molecule has 0 radical (unpaired) electrons. The highest BCUT2D eigenvalue weighted by Crippen LogP contribution is 2.29. The van der Waals surface area contributed by atoms with Gasteiger partial charge >= 0.3 is 0 Å². The molecule has 0 aliphatic carbocycles. The predicted octanol–water partition coefficient (Wildman–Crippen LogP) is 4.37. The average molecular weight is 390 g/mol. The van der Waals surface area contributed by atoms with E-state index in [1.54, 1.807) is 11.3 Å². The average Bonchev–Trinajstić information content (AvgIpc) is 2.74. The Morgan fingerprint density at radius 3 is 2.72 bits per heavy atom. The van der Waals surface area contributed by atoms with Crippen molar-refractivity contribution >= 4 is 48.9 Å². The van der Waals surface area contributed by atoms with Crippen molar-refractivity contribution in [3.63, 3.8) is 0 Å². The zero-order valence-electron chi connectivity index (χ0n) is 9.99. The van der Waals surface area contributed by atoms with Crippen LogP contribution in [0.3, 0.4) is 0 Å². The van der Waals surface area contributed by atoms with E-state index in [9.17, 15) is 0 Å². The summed E-state index contributed by atoms with van der Waals surface area (Å²) in [5.74, 6) is 0. The first-order valence-corrected chi connectivity index (χ1v) is 8.00. The highest BCUT2D eigenvalue weighted by Gasteiger charge is 2.10. The van der Waals surface area contributed by atoms with Crippen molar-refractivity contribution in [2.45, 2.75) is 13.1 Å². The minimum atomic E-state index is 0.537. The van der Waals surface area contributed by atoms with Crippen LogP contribution in [0.15, 0.2) is 38.6 Å². The number of hydrogen-bond acceptors (Lipinski definition) is 3. The van der Waals surface area contributed by atoms with Crippen LogP contribution >= 0.6 is 43.2 Å². The van der Waals surface area contributed by atoms with E-state index in [2.05, 4.69) is 61.3 Å². The van der Waals surface area contributed by atoms with Gasteiger partial charge in [-0.05, 0) is 34.1 Å². The normalized spacial score (nSPS) is 10.7. The monoisotopic (exact) mass is 388 g/mol. The first-order chi connectivity index (χ1) is 8.61. The highest BCUT2D eigenvalue weighted by atomic mass is 79.9. The van der Waals surface area contributed by atoms with E-state index < -0.39 is 0 Å². The molecule has 0 atom stereocenters. The zero-order valence-corrected chi connectivity index (χ0v) is 14.0. The number of rotatable bonds is 4. The molecule has 1 heterocycles. The Balaban J connectivity index is 2.23. The third-order valence-electron chi connectivity index (χ3n) is 2.72. The van der Waals surface area contributed by atoms with Crippen molar-refractivity contribution in [3.05, 3.63) is 49.0 Å². The SMILES string of the molecule is CN(Cc1cc(Br)cs1)c1cccc(Br)c1CN. The molecule has 2 rings (SSSR count). The molecule has 0 unspecified atom stereocenters. The third-order valence-corrected chi connectivity index (χ3v) is 5.15. The van der Waals surface area contributed by atoms with Crippen LogP contribution in [0.2, 0.25) is 0 Å². The second-order valence-corrected chi connectivity index (χ2v) is 6.79. The van der Waals surface area contributed by atoms with Gasteiger partial charge in [-0.2, -0.15) is 0 Å². The van der Waals surface area contributed by atoms with E-state index in [4.69, 9.17) is 5.73 Å². The Morgan fingerprint density at radius 1 is 1.33 bits per heavy atom. The number of halogens is 2. The van der Waals surface area contributed by atoms with Crippen LogP contribution in [0, 0.1) is 0 Å². The summed E-state index contributed by atoms with van der Waals surface area (Å²) >= 11 is 8.79. The Bertz CT molecular complexity index is 540. The summed E-state index contributed by atoms with van der Waals surface area (Å²) in [6, 6.07) is 8.33. The molecule has 0 aliphatic heterocycles. The van der Waals surface area contributed by atoms with Crippen LogP contribution in [0.4, 0.5) is 5.69 Å². The lowest BCUT2D eigenvalue weighted by atomic mass is 10.1. The predicted molar refractivity (Wildman–Crippen MR) is 86.2 cm³/mol. The number of hydrogen-bond donors (Lipinski definition) is 1. The summed E-state index contributed by atoms with van der Waals surface area (Å²) in [5, 5.41) is 2.11. The van der Waals surface area contributed by atoms with E-state index in [1.165, 1.54) is 10.6 Å². The summed E-state index contributed by atoms with van der Waals surface area (Å²) in [6.45, 7) is 1.43. The molecule has 1 aromatic carbocycles. The maximum atomic E-state index is 5.83. The summed E-state index contributed by atoms with van der Waals surface area (Å²) in [7, 11) is 2.09. The Morgan fingerprint density at radius 2 is 2.11 bits per heavy atom. The van der Waals surface area contributed by atoms with Crippen LogP contribution in [0.25, 0.3) is 0 Å². The minimum Gasteiger partial charge on any atom is -0.369 e. The first kappa shape index (κ1) is 14.1. The van der Waals surface area contributed by atoms with E-state index in [-0.39, 0.29) is 0 Å². The summed E-state index contributed by atoms with van der Waals surface area (Å²) in [6.07, 6.45) is 0. The quantitative estimate of drug-likeness (QED) is 0.841. The van der Waals surface area contributed by atoms with Gasteiger partial charge in [0.2, 0.25) is 0 Å². The lowest BCUT2D eigenvalue weighted by Gasteiger charge is -2.22. The van der Waals surface area contributed by atoms with Crippen molar-refractivity contribution in [2.24, 2.45) is 5.73 Å². The fourth-order valence-corrected chi connectivity index (χ4v) is 3.88. The maximum absolute atomic E-state index is 5.83. The molecule has 0 bridgehead atoms. The zero-order chi connectivity index (χ0) is 13.1. The van der Waals surface area contributed by atoms with Crippen molar-refractivity contribution in [3.8, 4) is 0 Å². The van der Waals surface area contributed by atoms with Gasteiger partial charge < -0.3 is 10.6 Å². The van der Waals surface area contributed by atoms with Crippen LogP contribution in [0.5, 0.6) is 0 Å². The second kappa shape index (κ2) is 6.19. The summed E-state index contributed by atoms with van der Waals surface area (Å²) in [5.41, 5.74) is 8.15. The van der Waals surface area contributed by atoms with Gasteiger partial charge in [0, 0.05) is 44.0 Å². The largest absolute Gasteiger partial charge is 0.369 e. The van der Waals surface area contributed by atoms with E-state index in [1.807, 2.05) is 12.1 Å². The molecular formula is C13H14Br2N2S. The molecule has 18 heavy (non-hydrogen) atoms. The lowest BCUT2D eigenvalue weighted by Crippen LogP contribution is -2.18. The van der Waals surface area contributed by atoms with E-state index >= 15 is 0 Å². The fourth-order valence-electron chi connectivity index (χ4n) is 1.86. The van der Waals surface area contributed by atoms with Crippen molar-refractivity contribution in [2.75, 3.05) is 11.9 Å². The number of thiophene rings is 1. The molecule has 96 valence electrons. The van der Waals surface area contributed by atoms with Crippen LogP contribution < -0.4 is 10.6 Å². The molecule has 0 spiro atoms. The van der Waals surface area contributed by atoms with Crippen molar-refractivity contribution in [1.82, 2.24) is 0 Å². The van der Waals surface area contributed by atoms with Gasteiger partial charge in [0.05, 0.1) is 6.54 Å². The van der Waals surface area contributed by atoms with Gasteiger partial charge in [-0.15, -0.1) is 11.3 Å². The third kappa shape index (κ3) is 3.15. The summed E-state index contributed by atoms with van der Waals surface area (Å²) in [4.78, 5) is 3.55. The van der Waals surface area contributed by atoms with Crippen molar-refractivity contribution < 1.29 is 0 Å². The van der Waals surface area contributed by atoms with Gasteiger partial charge in [-0.1, -0.05) is 22.0 Å². The van der Waals surface area contributed by atoms with Crippen LogP contribution in [-0.4, -0.2) is 7.05 Å². The smallest absolute Gasteiger partial charge is 0.0520 e. The van der Waals surface area contributed by atoms with Gasteiger partial charge in [-0.3, -0.25) is 0 Å². The van der Waals surface area contributed by atoms with Gasteiger partial charge in [-0.25, -0.2) is 0 Å². The number of nitrogens with two attached hydrogens (primary N) is 1. The molecule has 0 saturated carbocycles. The number of benzene rings is 1. The van der Waals surface area contributed by atoms with E-state index in [0.717, 1.165) is 21.1 Å². The van der Waals surface area contributed by atoms with Gasteiger partial charge in [0.15, 0.2) is 0 Å². The molecule has 0 amide bonds. The Labute approximate surface area is 128 Å². The highest BCUT2D eigenvalue weighted by molar-refractivity contribution is 9.10.